The molecule has 4 rings (SSSR count). The molecule has 5 nitrogen and oxygen atoms in total. The molecule has 1 aromatic heterocycles. The zero-order valence-electron chi connectivity index (χ0n) is 17.1. The third-order valence-corrected chi connectivity index (χ3v) is 5.89. The van der Waals surface area contributed by atoms with Crippen LogP contribution in [0.15, 0.2) is 73.1 Å². The van der Waals surface area contributed by atoms with Gasteiger partial charge in [-0.1, -0.05) is 59.1 Å². The first-order valence-corrected chi connectivity index (χ1v) is 11.0. The van der Waals surface area contributed by atoms with E-state index in [1.165, 1.54) is 18.3 Å². The number of halogens is 4. The topological polar surface area (TPSA) is 56.2 Å². The second-order valence-corrected chi connectivity index (χ2v) is 8.35. The number of hydrogen-bond donors (Lipinski definition) is 1. The Hall–Kier alpha value is -3.06. The van der Waals surface area contributed by atoms with Crippen molar-refractivity contribution in [2.24, 2.45) is 0 Å². The highest BCUT2D eigenvalue weighted by atomic mass is 35.5. The molecule has 1 amide bonds. The summed E-state index contributed by atoms with van der Waals surface area (Å²) in [7, 11) is 0. The van der Waals surface area contributed by atoms with Crippen LogP contribution in [0.3, 0.4) is 0 Å². The maximum absolute atomic E-state index is 13.2. The van der Waals surface area contributed by atoms with E-state index in [9.17, 15) is 9.18 Å². The summed E-state index contributed by atoms with van der Waals surface area (Å²) < 4.78 is 20.6. The number of carbonyl (C=O) groups is 1. The molecule has 1 heterocycles. The first kappa shape index (κ1) is 23.1. The largest absolute Gasteiger partial charge is 0.487 e. The van der Waals surface area contributed by atoms with Crippen LogP contribution in [0.4, 0.5) is 10.1 Å². The van der Waals surface area contributed by atoms with Crippen molar-refractivity contribution in [3.05, 3.63) is 111 Å². The molecular weight excluding hydrogens is 488 g/mol. The van der Waals surface area contributed by atoms with Gasteiger partial charge in [0.25, 0.3) is 5.91 Å². The predicted octanol–water partition coefficient (Wildman–Crippen LogP) is 6.86. The Morgan fingerprint density at radius 2 is 1.85 bits per heavy atom. The number of nitrogens with zero attached hydrogens (tertiary/aromatic N) is 2. The molecule has 168 valence electrons. The van der Waals surface area contributed by atoms with Crippen LogP contribution in [0.25, 0.3) is 0 Å². The minimum atomic E-state index is -0.402. The smallest absolute Gasteiger partial charge is 0.255 e. The zero-order valence-corrected chi connectivity index (χ0v) is 19.3. The first-order valence-electron chi connectivity index (χ1n) is 9.82. The van der Waals surface area contributed by atoms with Gasteiger partial charge in [0.05, 0.1) is 23.5 Å². The van der Waals surface area contributed by atoms with Gasteiger partial charge in [0, 0.05) is 16.8 Å². The monoisotopic (exact) mass is 503 g/mol. The normalized spacial score (nSPS) is 10.8. The molecule has 0 radical (unpaired) electrons. The number of nitrogens with one attached hydrogen (secondary N) is 1. The molecule has 0 spiro atoms. The highest BCUT2D eigenvalue weighted by Crippen LogP contribution is 2.32. The zero-order chi connectivity index (χ0) is 23.4. The Balaban J connectivity index is 1.39. The molecule has 33 heavy (non-hydrogen) atoms. The van der Waals surface area contributed by atoms with Crippen LogP contribution in [0.2, 0.25) is 15.1 Å². The average molecular weight is 505 g/mol. The molecule has 0 saturated heterocycles. The van der Waals surface area contributed by atoms with E-state index in [2.05, 4.69) is 10.4 Å². The first-order chi connectivity index (χ1) is 15.9. The molecule has 3 aromatic carbocycles. The minimum absolute atomic E-state index is 0.220. The van der Waals surface area contributed by atoms with Gasteiger partial charge in [0.15, 0.2) is 0 Å². The van der Waals surface area contributed by atoms with Crippen molar-refractivity contribution in [1.29, 1.82) is 0 Å². The summed E-state index contributed by atoms with van der Waals surface area (Å²) in [6.45, 7) is 0.561. The van der Waals surface area contributed by atoms with Crippen molar-refractivity contribution < 1.29 is 13.9 Å². The quantitative estimate of drug-likeness (QED) is 0.299. The number of carbonyl (C=O) groups excluding carboxylic acids is 1. The fourth-order valence-electron chi connectivity index (χ4n) is 3.10. The lowest BCUT2D eigenvalue weighted by Gasteiger charge is -2.10. The predicted molar refractivity (Wildman–Crippen MR) is 128 cm³/mol. The fourth-order valence-corrected chi connectivity index (χ4v) is 3.67. The molecule has 9 heteroatoms. The van der Waals surface area contributed by atoms with Gasteiger partial charge >= 0.3 is 0 Å². The van der Waals surface area contributed by atoms with Crippen LogP contribution >= 0.6 is 34.8 Å². The van der Waals surface area contributed by atoms with Crippen LogP contribution < -0.4 is 10.1 Å². The van der Waals surface area contributed by atoms with E-state index in [4.69, 9.17) is 39.5 Å². The minimum Gasteiger partial charge on any atom is -0.487 e. The Bertz CT molecular complexity index is 1310. The van der Waals surface area contributed by atoms with Crippen molar-refractivity contribution in [2.45, 2.75) is 13.2 Å². The van der Waals surface area contributed by atoms with Crippen LogP contribution in [0, 0.1) is 5.82 Å². The van der Waals surface area contributed by atoms with Crippen LogP contribution in [0.1, 0.15) is 21.5 Å². The van der Waals surface area contributed by atoms with E-state index in [0.29, 0.717) is 44.2 Å². The maximum atomic E-state index is 13.2. The molecule has 0 atom stereocenters. The van der Waals surface area contributed by atoms with Crippen LogP contribution in [-0.2, 0) is 13.2 Å². The number of ether oxygens (including phenoxy) is 1. The number of benzene rings is 3. The van der Waals surface area contributed by atoms with Gasteiger partial charge in [-0.2, -0.15) is 5.10 Å². The fraction of sp³-hybridized carbons (Fsp3) is 0.0833. The van der Waals surface area contributed by atoms with Gasteiger partial charge in [0.2, 0.25) is 0 Å². The van der Waals surface area contributed by atoms with Crippen molar-refractivity contribution in [1.82, 2.24) is 9.78 Å². The molecule has 0 fully saturated rings. The van der Waals surface area contributed by atoms with E-state index in [1.54, 1.807) is 53.3 Å². The van der Waals surface area contributed by atoms with Crippen LogP contribution in [0.5, 0.6) is 5.75 Å². The van der Waals surface area contributed by atoms with Crippen molar-refractivity contribution >= 4 is 46.4 Å². The Kier molecular flexibility index (Phi) is 7.18. The maximum Gasteiger partial charge on any atom is 0.255 e. The van der Waals surface area contributed by atoms with Gasteiger partial charge in [-0.05, 0) is 47.5 Å². The van der Waals surface area contributed by atoms with E-state index in [0.717, 1.165) is 5.56 Å². The number of anilines is 1. The lowest BCUT2D eigenvalue weighted by Crippen LogP contribution is -2.12. The molecule has 0 bridgehead atoms. The second-order valence-electron chi connectivity index (χ2n) is 7.16. The summed E-state index contributed by atoms with van der Waals surface area (Å²) in [5.41, 5.74) is 2.49. The molecule has 1 N–H and O–H groups in total. The Morgan fingerprint density at radius 1 is 1.03 bits per heavy atom. The lowest BCUT2D eigenvalue weighted by molar-refractivity contribution is 0.102. The summed E-state index contributed by atoms with van der Waals surface area (Å²) in [5.74, 6) is -0.231. The standard InChI is InChI=1S/C24H17Cl3FN3O2/c25-20-5-2-6-22(23(20)27)33-14-15-3-1-4-16(9-15)24(32)30-19-11-29-31(13-19)12-17-7-8-18(28)10-21(17)26/h1-11,13H,12,14H2,(H,30,32). The average Bonchev–Trinajstić information content (AvgIpc) is 3.23. The van der Waals surface area contributed by atoms with Gasteiger partial charge in [-0.3, -0.25) is 9.48 Å². The summed E-state index contributed by atoms with van der Waals surface area (Å²) in [4.78, 5) is 12.7. The van der Waals surface area contributed by atoms with Gasteiger partial charge in [0.1, 0.15) is 23.2 Å². The summed E-state index contributed by atoms with van der Waals surface area (Å²) >= 11 is 18.2. The van der Waals surface area contributed by atoms with Crippen molar-refractivity contribution in [3.63, 3.8) is 0 Å². The third kappa shape index (κ3) is 5.85. The highest BCUT2D eigenvalue weighted by Gasteiger charge is 2.11. The lowest BCUT2D eigenvalue weighted by atomic mass is 10.1. The third-order valence-electron chi connectivity index (χ3n) is 4.74. The molecule has 4 aromatic rings. The van der Waals surface area contributed by atoms with E-state index in [1.807, 2.05) is 6.07 Å². The molecule has 0 aliphatic carbocycles. The van der Waals surface area contributed by atoms with Gasteiger partial charge in [-0.25, -0.2) is 4.39 Å². The van der Waals surface area contributed by atoms with Crippen LogP contribution in [-0.4, -0.2) is 15.7 Å². The van der Waals surface area contributed by atoms with E-state index >= 15 is 0 Å². The second kappa shape index (κ2) is 10.3. The van der Waals surface area contributed by atoms with Gasteiger partial charge < -0.3 is 10.1 Å². The SMILES string of the molecule is O=C(Nc1cnn(Cc2ccc(F)cc2Cl)c1)c1cccc(COc2cccc(Cl)c2Cl)c1. The number of amides is 1. The molecule has 0 saturated carbocycles. The van der Waals surface area contributed by atoms with E-state index < -0.39 is 5.82 Å². The molecule has 0 aliphatic heterocycles. The van der Waals surface area contributed by atoms with Crippen molar-refractivity contribution in [2.75, 3.05) is 5.32 Å². The Labute approximate surface area is 204 Å². The summed E-state index contributed by atoms with van der Waals surface area (Å²) in [5, 5.41) is 8.10. The number of rotatable bonds is 7. The summed E-state index contributed by atoms with van der Waals surface area (Å²) in [6, 6.07) is 16.4. The number of aromatic nitrogens is 2. The molecular formula is C24H17Cl3FN3O2. The van der Waals surface area contributed by atoms with Gasteiger partial charge in [-0.15, -0.1) is 0 Å². The summed E-state index contributed by atoms with van der Waals surface area (Å²) in [6.07, 6.45) is 3.20. The molecule has 0 aliphatic rings. The van der Waals surface area contributed by atoms with Crippen molar-refractivity contribution in [3.8, 4) is 5.75 Å². The molecule has 0 unspecified atom stereocenters. The van der Waals surface area contributed by atoms with E-state index in [-0.39, 0.29) is 12.5 Å². The number of hydrogen-bond acceptors (Lipinski definition) is 3. The Morgan fingerprint density at radius 3 is 2.67 bits per heavy atom. The highest BCUT2D eigenvalue weighted by molar-refractivity contribution is 6.42.